The number of carbonyl (C=O) groups is 1. The fraction of sp³-hybridized carbons (Fsp3) is 0.533. The largest absolute Gasteiger partial charge is 0.366 e. The van der Waals surface area contributed by atoms with Crippen molar-refractivity contribution in [1.82, 2.24) is 0 Å². The van der Waals surface area contributed by atoms with Crippen LogP contribution in [0.3, 0.4) is 0 Å². The molecular weight excluding hydrogens is 212 g/mol. The molecule has 2 heteroatoms. The van der Waals surface area contributed by atoms with Crippen molar-refractivity contribution in [2.75, 3.05) is 6.61 Å². The second kappa shape index (κ2) is 4.61. The molecule has 0 aromatic heterocycles. The van der Waals surface area contributed by atoms with E-state index in [4.69, 9.17) is 4.74 Å². The maximum Gasteiger partial charge on any atom is 0.161 e. The zero-order valence-electron chi connectivity index (χ0n) is 10.0. The number of ether oxygens (including phenoxy) is 1. The van der Waals surface area contributed by atoms with Gasteiger partial charge in [0.25, 0.3) is 0 Å². The summed E-state index contributed by atoms with van der Waals surface area (Å²) < 4.78 is 5.82. The van der Waals surface area contributed by atoms with Crippen molar-refractivity contribution in [3.8, 4) is 0 Å². The van der Waals surface area contributed by atoms with Crippen molar-refractivity contribution in [2.24, 2.45) is 5.92 Å². The van der Waals surface area contributed by atoms with Crippen molar-refractivity contribution in [1.29, 1.82) is 0 Å². The minimum atomic E-state index is 0.141. The summed E-state index contributed by atoms with van der Waals surface area (Å²) in [5, 5.41) is 0. The van der Waals surface area contributed by atoms with Crippen LogP contribution in [0.1, 0.15) is 42.9 Å². The third-order valence-electron chi connectivity index (χ3n) is 3.77. The second-order valence-corrected chi connectivity index (χ2v) is 5.13. The van der Waals surface area contributed by atoms with Gasteiger partial charge in [0.1, 0.15) is 6.61 Å². The number of carbonyl (C=O) groups excluding carboxylic acids is 1. The van der Waals surface area contributed by atoms with Gasteiger partial charge in [-0.2, -0.15) is 0 Å². The summed E-state index contributed by atoms with van der Waals surface area (Å²) in [7, 11) is 0. The summed E-state index contributed by atoms with van der Waals surface area (Å²) in [5.41, 5.74) is 2.69. The normalized spacial score (nSPS) is 23.2. The molecular formula is C15H18O2. The third-order valence-corrected chi connectivity index (χ3v) is 3.77. The fourth-order valence-electron chi connectivity index (χ4n) is 2.59. The van der Waals surface area contributed by atoms with E-state index >= 15 is 0 Å². The first-order chi connectivity index (χ1) is 8.34. The Morgan fingerprint density at radius 3 is 2.88 bits per heavy atom. The Balaban J connectivity index is 1.65. The SMILES string of the molecule is O=C(COC1CCCc2ccccc21)C1CC1. The first-order valence-corrected chi connectivity index (χ1v) is 6.57. The number of benzene rings is 1. The lowest BCUT2D eigenvalue weighted by Gasteiger charge is -2.25. The Kier molecular flexibility index (Phi) is 2.98. The minimum Gasteiger partial charge on any atom is -0.366 e. The average molecular weight is 230 g/mol. The van der Waals surface area contributed by atoms with Gasteiger partial charge >= 0.3 is 0 Å². The topological polar surface area (TPSA) is 26.3 Å². The van der Waals surface area contributed by atoms with Gasteiger partial charge < -0.3 is 4.74 Å². The average Bonchev–Trinajstić information content (AvgIpc) is 3.20. The summed E-state index contributed by atoms with van der Waals surface area (Å²) in [6, 6.07) is 8.45. The monoisotopic (exact) mass is 230 g/mol. The second-order valence-electron chi connectivity index (χ2n) is 5.13. The zero-order valence-corrected chi connectivity index (χ0v) is 10.0. The van der Waals surface area contributed by atoms with Crippen LogP contribution < -0.4 is 0 Å². The highest BCUT2D eigenvalue weighted by molar-refractivity contribution is 5.84. The van der Waals surface area contributed by atoms with Gasteiger partial charge in [0.05, 0.1) is 6.10 Å². The first kappa shape index (κ1) is 11.0. The molecule has 0 saturated heterocycles. The van der Waals surface area contributed by atoms with Crippen LogP contribution in [0.2, 0.25) is 0 Å². The highest BCUT2D eigenvalue weighted by atomic mass is 16.5. The van der Waals surface area contributed by atoms with Crippen molar-refractivity contribution >= 4 is 5.78 Å². The van der Waals surface area contributed by atoms with Crippen LogP contribution in [0.15, 0.2) is 24.3 Å². The summed E-state index contributed by atoms with van der Waals surface area (Å²) in [4.78, 5) is 11.6. The van der Waals surface area contributed by atoms with Crippen LogP contribution in [0, 0.1) is 5.92 Å². The van der Waals surface area contributed by atoms with Gasteiger partial charge in [-0.15, -0.1) is 0 Å². The number of hydrogen-bond donors (Lipinski definition) is 0. The van der Waals surface area contributed by atoms with E-state index in [2.05, 4.69) is 24.3 Å². The van der Waals surface area contributed by atoms with Crippen molar-refractivity contribution in [3.05, 3.63) is 35.4 Å². The highest BCUT2D eigenvalue weighted by Gasteiger charge is 2.30. The molecule has 1 unspecified atom stereocenters. The molecule has 2 aliphatic rings. The predicted octanol–water partition coefficient (Wildman–Crippen LogP) is 3.06. The van der Waals surface area contributed by atoms with E-state index in [0.29, 0.717) is 18.3 Å². The van der Waals surface area contributed by atoms with Gasteiger partial charge in [0.2, 0.25) is 0 Å². The van der Waals surface area contributed by atoms with Gasteiger partial charge in [-0.25, -0.2) is 0 Å². The summed E-state index contributed by atoms with van der Waals surface area (Å²) >= 11 is 0. The number of rotatable bonds is 4. The Morgan fingerprint density at radius 1 is 1.24 bits per heavy atom. The molecule has 17 heavy (non-hydrogen) atoms. The molecule has 0 spiro atoms. The lowest BCUT2D eigenvalue weighted by atomic mass is 9.89. The van der Waals surface area contributed by atoms with Crippen LogP contribution in [0.4, 0.5) is 0 Å². The molecule has 0 aliphatic heterocycles. The number of fused-ring (bicyclic) bond motifs is 1. The van der Waals surface area contributed by atoms with E-state index in [9.17, 15) is 4.79 Å². The Morgan fingerprint density at radius 2 is 2.06 bits per heavy atom. The van der Waals surface area contributed by atoms with E-state index in [-0.39, 0.29) is 6.10 Å². The van der Waals surface area contributed by atoms with Crippen LogP contribution in [-0.4, -0.2) is 12.4 Å². The van der Waals surface area contributed by atoms with E-state index in [1.807, 2.05) is 0 Å². The van der Waals surface area contributed by atoms with Crippen molar-refractivity contribution < 1.29 is 9.53 Å². The molecule has 0 heterocycles. The Hall–Kier alpha value is -1.15. The Labute approximate surface area is 102 Å². The lowest BCUT2D eigenvalue weighted by molar-refractivity contribution is -0.127. The van der Waals surface area contributed by atoms with Gasteiger partial charge in [0.15, 0.2) is 5.78 Å². The highest BCUT2D eigenvalue weighted by Crippen LogP contribution is 2.34. The van der Waals surface area contributed by atoms with Gasteiger partial charge in [-0.1, -0.05) is 24.3 Å². The molecule has 90 valence electrons. The molecule has 1 aromatic carbocycles. The third kappa shape index (κ3) is 2.42. The molecule has 1 atom stereocenters. The molecule has 1 fully saturated rings. The zero-order chi connectivity index (χ0) is 11.7. The van der Waals surface area contributed by atoms with E-state index < -0.39 is 0 Å². The molecule has 1 saturated carbocycles. The maximum absolute atomic E-state index is 11.6. The maximum atomic E-state index is 11.6. The fourth-order valence-corrected chi connectivity index (χ4v) is 2.59. The van der Waals surface area contributed by atoms with E-state index in [1.165, 1.54) is 17.5 Å². The van der Waals surface area contributed by atoms with Crippen LogP contribution in [-0.2, 0) is 16.0 Å². The quantitative estimate of drug-likeness (QED) is 0.794. The molecule has 0 N–H and O–H groups in total. The molecule has 2 aliphatic carbocycles. The van der Waals surface area contributed by atoms with Crippen molar-refractivity contribution in [3.63, 3.8) is 0 Å². The number of Topliss-reactive ketones (excluding diaryl/α,β-unsaturated/α-hetero) is 1. The van der Waals surface area contributed by atoms with E-state index in [0.717, 1.165) is 25.7 Å². The smallest absolute Gasteiger partial charge is 0.161 e. The van der Waals surface area contributed by atoms with Crippen LogP contribution >= 0.6 is 0 Å². The summed E-state index contributed by atoms with van der Waals surface area (Å²) in [6.07, 6.45) is 5.65. The summed E-state index contributed by atoms with van der Waals surface area (Å²) in [6.45, 7) is 0.309. The van der Waals surface area contributed by atoms with Crippen LogP contribution in [0.5, 0.6) is 0 Å². The van der Waals surface area contributed by atoms with E-state index in [1.54, 1.807) is 0 Å². The Bertz CT molecular complexity index is 421. The number of aryl methyl sites for hydroxylation is 1. The molecule has 0 radical (unpaired) electrons. The molecule has 2 nitrogen and oxygen atoms in total. The molecule has 1 aromatic rings. The molecule has 0 amide bonds. The first-order valence-electron chi connectivity index (χ1n) is 6.57. The van der Waals surface area contributed by atoms with Crippen LogP contribution in [0.25, 0.3) is 0 Å². The lowest BCUT2D eigenvalue weighted by Crippen LogP contribution is -2.18. The number of hydrogen-bond acceptors (Lipinski definition) is 2. The number of ketones is 1. The standard InChI is InChI=1S/C15H18O2/c16-14(12-8-9-12)10-17-15-7-3-5-11-4-1-2-6-13(11)15/h1-2,4,6,12,15H,3,5,7-10H2. The summed E-state index contributed by atoms with van der Waals surface area (Å²) in [5.74, 6) is 0.613. The molecule has 0 bridgehead atoms. The predicted molar refractivity (Wildman–Crippen MR) is 65.8 cm³/mol. The van der Waals surface area contributed by atoms with Crippen molar-refractivity contribution in [2.45, 2.75) is 38.2 Å². The minimum absolute atomic E-state index is 0.141. The van der Waals surface area contributed by atoms with Gasteiger partial charge in [-0.3, -0.25) is 4.79 Å². The molecule has 3 rings (SSSR count). The van der Waals surface area contributed by atoms with Gasteiger partial charge in [0, 0.05) is 5.92 Å². The van der Waals surface area contributed by atoms with Gasteiger partial charge in [-0.05, 0) is 43.2 Å².